The molecule has 0 saturated heterocycles. The van der Waals surface area contributed by atoms with Crippen LogP contribution in [0.15, 0.2) is 170 Å². The molecule has 12 aromatic rings. The number of aromatic nitrogens is 2. The number of rotatable bonds is 3. The van der Waals surface area contributed by atoms with Crippen LogP contribution in [0.5, 0.6) is 0 Å². The van der Waals surface area contributed by atoms with Crippen LogP contribution < -0.4 is 0 Å². The average molecular weight is 697 g/mol. The molecular weight excluding hydrogens is 669 g/mol. The van der Waals surface area contributed by atoms with Gasteiger partial charge in [0.15, 0.2) is 0 Å². The van der Waals surface area contributed by atoms with Gasteiger partial charge in [-0.25, -0.2) is 0 Å². The zero-order chi connectivity index (χ0) is 33.9. The largest absolute Gasteiger partial charge is 0.309 e. The Morgan fingerprint density at radius 2 is 0.923 bits per heavy atom. The van der Waals surface area contributed by atoms with Crippen LogP contribution in [0.2, 0.25) is 0 Å². The first-order chi connectivity index (χ1) is 25.8. The van der Waals surface area contributed by atoms with E-state index in [0.717, 1.165) is 0 Å². The smallest absolute Gasteiger partial charge is 0.0640 e. The molecule has 52 heavy (non-hydrogen) atoms. The lowest BCUT2D eigenvalue weighted by molar-refractivity contribution is 1.18. The van der Waals surface area contributed by atoms with Crippen molar-refractivity contribution in [3.05, 3.63) is 170 Å². The second-order valence-corrected chi connectivity index (χ2v) is 15.8. The van der Waals surface area contributed by atoms with E-state index in [9.17, 15) is 0 Å². The van der Waals surface area contributed by atoms with Gasteiger partial charge in [-0.2, -0.15) is 0 Å². The van der Waals surface area contributed by atoms with Crippen LogP contribution in [0.3, 0.4) is 0 Å². The summed E-state index contributed by atoms with van der Waals surface area (Å²) < 4.78 is 10.2. The van der Waals surface area contributed by atoms with Gasteiger partial charge in [0, 0.05) is 62.9 Å². The summed E-state index contributed by atoms with van der Waals surface area (Å²) in [6.07, 6.45) is 0. The van der Waals surface area contributed by atoms with E-state index in [1.165, 1.54) is 106 Å². The Morgan fingerprint density at radius 1 is 0.327 bits per heavy atom. The van der Waals surface area contributed by atoms with Crippen LogP contribution in [0.1, 0.15) is 0 Å². The third-order valence-electron chi connectivity index (χ3n) is 10.9. The van der Waals surface area contributed by atoms with Crippen LogP contribution in [0.25, 0.3) is 106 Å². The molecule has 0 N–H and O–H groups in total. The number of para-hydroxylation sites is 3. The van der Waals surface area contributed by atoms with Crippen molar-refractivity contribution in [3.8, 4) is 22.5 Å². The minimum atomic E-state index is 1.18. The number of fused-ring (bicyclic) bond motifs is 13. The van der Waals surface area contributed by atoms with Crippen molar-refractivity contribution in [1.82, 2.24) is 9.13 Å². The van der Waals surface area contributed by atoms with Gasteiger partial charge >= 0.3 is 0 Å². The molecule has 0 aliphatic rings. The molecular formula is C48H28N2S2. The number of thiophene rings is 2. The van der Waals surface area contributed by atoms with Crippen LogP contribution in [0, 0.1) is 0 Å². The molecule has 8 aromatic carbocycles. The Bertz CT molecular complexity index is 3410. The quantitative estimate of drug-likeness (QED) is 0.174. The minimum Gasteiger partial charge on any atom is -0.309 e. The predicted molar refractivity (Wildman–Crippen MR) is 226 cm³/mol. The van der Waals surface area contributed by atoms with Gasteiger partial charge in [0.2, 0.25) is 0 Å². The van der Waals surface area contributed by atoms with Crippen LogP contribution >= 0.6 is 22.7 Å². The maximum Gasteiger partial charge on any atom is 0.0640 e. The van der Waals surface area contributed by atoms with E-state index in [2.05, 4.69) is 179 Å². The highest BCUT2D eigenvalue weighted by Gasteiger charge is 2.22. The highest BCUT2D eigenvalue weighted by molar-refractivity contribution is 7.26. The Kier molecular flexibility index (Phi) is 5.84. The number of benzene rings is 8. The van der Waals surface area contributed by atoms with E-state index in [0.29, 0.717) is 0 Å². The monoisotopic (exact) mass is 696 g/mol. The van der Waals surface area contributed by atoms with Gasteiger partial charge in [0.25, 0.3) is 0 Å². The van der Waals surface area contributed by atoms with Crippen molar-refractivity contribution >= 4 is 107 Å². The summed E-state index contributed by atoms with van der Waals surface area (Å²) in [7, 11) is 0. The van der Waals surface area contributed by atoms with Crippen molar-refractivity contribution in [2.75, 3.05) is 0 Å². The summed E-state index contributed by atoms with van der Waals surface area (Å²) in [4.78, 5) is 0. The third kappa shape index (κ3) is 3.88. The average Bonchev–Trinajstić information content (AvgIpc) is 3.95. The van der Waals surface area contributed by atoms with Gasteiger partial charge in [-0.15, -0.1) is 22.7 Å². The summed E-state index contributed by atoms with van der Waals surface area (Å²) in [6, 6.07) is 62.7. The Balaban J connectivity index is 1.10. The highest BCUT2D eigenvalue weighted by atomic mass is 32.1. The molecule has 242 valence electrons. The van der Waals surface area contributed by atoms with Gasteiger partial charge in [0.05, 0.1) is 32.5 Å². The first-order valence-electron chi connectivity index (χ1n) is 17.7. The van der Waals surface area contributed by atoms with Crippen molar-refractivity contribution in [1.29, 1.82) is 0 Å². The molecule has 0 saturated carbocycles. The topological polar surface area (TPSA) is 9.86 Å². The van der Waals surface area contributed by atoms with Gasteiger partial charge in [0.1, 0.15) is 0 Å². The third-order valence-corrected chi connectivity index (χ3v) is 13.3. The first-order valence-corrected chi connectivity index (χ1v) is 19.3. The summed E-state index contributed by atoms with van der Waals surface area (Å²) in [6.45, 7) is 0. The van der Waals surface area contributed by atoms with Crippen LogP contribution in [0.4, 0.5) is 0 Å². The van der Waals surface area contributed by atoms with Gasteiger partial charge in [-0.3, -0.25) is 0 Å². The maximum atomic E-state index is 2.51. The Labute approximate surface area is 306 Å². The summed E-state index contributed by atoms with van der Waals surface area (Å²) in [5.74, 6) is 0. The van der Waals surface area contributed by atoms with Crippen LogP contribution in [-0.4, -0.2) is 9.13 Å². The minimum absolute atomic E-state index is 1.18. The van der Waals surface area contributed by atoms with Gasteiger partial charge in [-0.05, 0) is 77.9 Å². The molecule has 4 aromatic heterocycles. The number of hydrogen-bond acceptors (Lipinski definition) is 2. The molecule has 0 atom stereocenters. The SMILES string of the molecule is c1ccc(-n2c3ccccc3c3c4c5ccccc5n(-c5cccc6c5sc5cc(-c7ccc8sc9ccccc9c8c7)ccc56)c4ccc32)cc1. The number of hydrogen-bond donors (Lipinski definition) is 0. The van der Waals surface area contributed by atoms with E-state index in [1.807, 2.05) is 22.7 Å². The second-order valence-electron chi connectivity index (χ2n) is 13.7. The maximum absolute atomic E-state index is 2.51. The van der Waals surface area contributed by atoms with Crippen LogP contribution in [-0.2, 0) is 0 Å². The Morgan fingerprint density at radius 3 is 1.73 bits per heavy atom. The van der Waals surface area contributed by atoms with Gasteiger partial charge < -0.3 is 9.13 Å². The van der Waals surface area contributed by atoms with Crippen molar-refractivity contribution in [2.24, 2.45) is 0 Å². The lowest BCUT2D eigenvalue weighted by Gasteiger charge is -2.10. The number of nitrogens with zero attached hydrogens (tertiary/aromatic N) is 2. The Hall–Kier alpha value is -6.20. The molecule has 0 fully saturated rings. The van der Waals surface area contributed by atoms with E-state index in [-0.39, 0.29) is 0 Å². The lowest BCUT2D eigenvalue weighted by Crippen LogP contribution is -1.94. The molecule has 0 amide bonds. The molecule has 0 bridgehead atoms. The molecule has 0 radical (unpaired) electrons. The molecule has 0 spiro atoms. The summed E-state index contributed by atoms with van der Waals surface area (Å²) in [5, 5.41) is 10.4. The van der Waals surface area contributed by atoms with E-state index in [1.54, 1.807) is 0 Å². The molecule has 4 heterocycles. The molecule has 0 aliphatic heterocycles. The molecule has 4 heteroatoms. The lowest BCUT2D eigenvalue weighted by atomic mass is 10.0. The fourth-order valence-corrected chi connectivity index (χ4v) is 11.0. The van der Waals surface area contributed by atoms with Gasteiger partial charge in [-0.1, -0.05) is 103 Å². The zero-order valence-electron chi connectivity index (χ0n) is 27.9. The van der Waals surface area contributed by atoms with Crippen molar-refractivity contribution in [2.45, 2.75) is 0 Å². The first kappa shape index (κ1) is 28.5. The zero-order valence-corrected chi connectivity index (χ0v) is 29.5. The predicted octanol–water partition coefficient (Wildman–Crippen LogP) is 14.3. The molecule has 0 unspecified atom stereocenters. The van der Waals surface area contributed by atoms with E-state index < -0.39 is 0 Å². The normalized spacial score (nSPS) is 12.2. The fraction of sp³-hybridized carbons (Fsp3) is 0. The van der Waals surface area contributed by atoms with Crippen molar-refractivity contribution < 1.29 is 0 Å². The summed E-state index contributed by atoms with van der Waals surface area (Å²) in [5.41, 5.74) is 9.82. The molecule has 0 aliphatic carbocycles. The fourth-order valence-electron chi connectivity index (χ4n) is 8.68. The van der Waals surface area contributed by atoms with Crippen molar-refractivity contribution in [3.63, 3.8) is 0 Å². The molecule has 2 nitrogen and oxygen atoms in total. The highest BCUT2D eigenvalue weighted by Crippen LogP contribution is 2.46. The second kappa shape index (κ2) is 10.7. The molecule has 12 rings (SSSR count). The summed E-state index contributed by atoms with van der Waals surface area (Å²) >= 11 is 3.78. The van der Waals surface area contributed by atoms with E-state index >= 15 is 0 Å². The van der Waals surface area contributed by atoms with E-state index in [4.69, 9.17) is 0 Å². The standard InChI is InChI=1S/C48H28N2S2/c1-2-11-31(12-3-1)49-38-17-7-4-14-35(38)46-40(49)24-25-41-47(46)36-15-5-8-18-39(36)50(41)42-19-10-16-34-33-23-21-30(28-45(33)52-48(34)42)29-22-26-44-37(27-29)32-13-6-9-20-43(32)51-44/h1-28H.